The Kier molecular flexibility index (Phi) is 15.6. The van der Waals surface area contributed by atoms with Crippen molar-refractivity contribution in [1.82, 2.24) is 26.2 Å². The van der Waals surface area contributed by atoms with Crippen LogP contribution in [0.15, 0.2) is 36.4 Å². The van der Waals surface area contributed by atoms with Gasteiger partial charge in [0.25, 0.3) is 11.8 Å². The summed E-state index contributed by atoms with van der Waals surface area (Å²) in [5, 5.41) is 22.3. The van der Waals surface area contributed by atoms with Crippen molar-refractivity contribution < 1.29 is 43.4 Å². The molecule has 48 heavy (non-hydrogen) atoms. The van der Waals surface area contributed by atoms with Gasteiger partial charge in [-0.15, -0.1) is 0 Å². The molecule has 3 atom stereocenters. The molecule has 10 N–H and O–H groups in total. The molecule has 1 aromatic carbocycles. The molecular formula is C31H46N8O9. The van der Waals surface area contributed by atoms with Gasteiger partial charge in [-0.25, -0.2) is 4.79 Å². The SMILES string of the molecule is CC(C)(C)C(=O)OCc1ccc(NC(=O)[C@H](CCCNC(N)O)NC(=O)[C@H](CCCNC(N)=O)NC(=O)CCN2C(=O)C=CC2=O)cc1. The van der Waals surface area contributed by atoms with E-state index in [0.29, 0.717) is 17.7 Å². The van der Waals surface area contributed by atoms with E-state index in [-0.39, 0.29) is 57.9 Å². The van der Waals surface area contributed by atoms with Crippen LogP contribution >= 0.6 is 0 Å². The standard InChI is InChI=1S/C31H46N8O9/c1-31(2,3)28(45)48-18-19-8-10-20(11-9-19)36-26(43)22(7-5-16-35-30(33)47)38-27(44)21(6-4-15-34-29(32)46)37-23(40)14-17-39-24(41)12-13-25(39)42/h8-13,21-22,30,35,47H,4-7,14-18,33H2,1-3H3,(H,36,43)(H,37,40)(H,38,44)(H3,32,34,46)/t21-,22-,30?/m0/s1. The maximum Gasteiger partial charge on any atom is 0.312 e. The van der Waals surface area contributed by atoms with Crippen molar-refractivity contribution in [1.29, 1.82) is 0 Å². The second-order valence-corrected chi connectivity index (χ2v) is 12.1. The molecule has 1 heterocycles. The van der Waals surface area contributed by atoms with Gasteiger partial charge < -0.3 is 36.8 Å². The summed E-state index contributed by atoms with van der Waals surface area (Å²) >= 11 is 0. The highest BCUT2D eigenvalue weighted by atomic mass is 16.5. The smallest absolute Gasteiger partial charge is 0.312 e. The number of nitrogens with zero attached hydrogens (tertiary/aromatic N) is 1. The van der Waals surface area contributed by atoms with E-state index in [0.717, 1.165) is 17.1 Å². The lowest BCUT2D eigenvalue weighted by molar-refractivity contribution is -0.154. The third kappa shape index (κ3) is 14.3. The lowest BCUT2D eigenvalue weighted by Crippen LogP contribution is -2.53. The lowest BCUT2D eigenvalue weighted by atomic mass is 9.97. The van der Waals surface area contributed by atoms with Crippen LogP contribution in [0.5, 0.6) is 0 Å². The number of esters is 1. The van der Waals surface area contributed by atoms with Crippen LogP contribution in [-0.2, 0) is 40.1 Å². The molecule has 0 saturated heterocycles. The van der Waals surface area contributed by atoms with Crippen molar-refractivity contribution in [2.24, 2.45) is 16.9 Å². The average molecular weight is 675 g/mol. The zero-order valence-electron chi connectivity index (χ0n) is 27.4. The Hall–Kier alpha value is -4.87. The van der Waals surface area contributed by atoms with Crippen molar-refractivity contribution in [3.63, 3.8) is 0 Å². The van der Waals surface area contributed by atoms with Crippen LogP contribution < -0.4 is 38.1 Å². The number of aliphatic hydroxyl groups is 1. The summed E-state index contributed by atoms with van der Waals surface area (Å²) in [6, 6.07) is 3.58. The van der Waals surface area contributed by atoms with E-state index in [1.165, 1.54) is 0 Å². The van der Waals surface area contributed by atoms with E-state index in [4.69, 9.17) is 16.2 Å². The van der Waals surface area contributed by atoms with Gasteiger partial charge in [-0.1, -0.05) is 12.1 Å². The average Bonchev–Trinajstić information content (AvgIpc) is 3.33. The van der Waals surface area contributed by atoms with Gasteiger partial charge in [0.05, 0.1) is 5.41 Å². The number of imide groups is 1. The number of primary amides is 1. The van der Waals surface area contributed by atoms with Gasteiger partial charge >= 0.3 is 12.0 Å². The molecule has 0 saturated carbocycles. The number of nitrogens with one attached hydrogen (secondary N) is 5. The summed E-state index contributed by atoms with van der Waals surface area (Å²) in [5.41, 5.74) is 10.9. The normalized spacial score (nSPS) is 14.6. The number of ether oxygens (including phenoxy) is 1. The van der Waals surface area contributed by atoms with Crippen LogP contribution in [0.3, 0.4) is 0 Å². The highest BCUT2D eigenvalue weighted by Crippen LogP contribution is 2.18. The fourth-order valence-electron chi connectivity index (χ4n) is 4.29. The highest BCUT2D eigenvalue weighted by molar-refractivity contribution is 6.13. The van der Waals surface area contributed by atoms with Crippen molar-refractivity contribution in [3.8, 4) is 0 Å². The van der Waals surface area contributed by atoms with Gasteiger partial charge in [-0.3, -0.25) is 44.7 Å². The molecule has 1 aromatic rings. The van der Waals surface area contributed by atoms with Gasteiger partial charge in [-0.2, -0.15) is 0 Å². The highest BCUT2D eigenvalue weighted by Gasteiger charge is 2.28. The number of aliphatic hydroxyl groups excluding tert-OH is 1. The topological polar surface area (TPSA) is 264 Å². The molecule has 1 aliphatic heterocycles. The molecule has 264 valence electrons. The molecule has 7 amide bonds. The van der Waals surface area contributed by atoms with Crippen LogP contribution in [0.2, 0.25) is 0 Å². The summed E-state index contributed by atoms with van der Waals surface area (Å²) in [7, 11) is 0. The fourth-order valence-corrected chi connectivity index (χ4v) is 4.29. The van der Waals surface area contributed by atoms with Crippen LogP contribution in [0, 0.1) is 5.41 Å². The van der Waals surface area contributed by atoms with E-state index in [2.05, 4.69) is 26.6 Å². The molecule has 0 aliphatic carbocycles. The Balaban J connectivity index is 2.11. The number of benzene rings is 1. The molecule has 0 spiro atoms. The molecular weight excluding hydrogens is 628 g/mol. The van der Waals surface area contributed by atoms with Gasteiger partial charge in [0.2, 0.25) is 17.7 Å². The number of carbonyl (C=O) groups is 7. The summed E-state index contributed by atoms with van der Waals surface area (Å²) < 4.78 is 5.32. The fraction of sp³-hybridized carbons (Fsp3) is 0.516. The molecule has 0 fully saturated rings. The van der Waals surface area contributed by atoms with Crippen LogP contribution in [0.4, 0.5) is 10.5 Å². The largest absolute Gasteiger partial charge is 0.460 e. The molecule has 17 nitrogen and oxygen atoms in total. The lowest BCUT2D eigenvalue weighted by Gasteiger charge is -2.24. The van der Waals surface area contributed by atoms with Gasteiger partial charge in [0, 0.05) is 37.3 Å². The van der Waals surface area contributed by atoms with Crippen molar-refractivity contribution >= 4 is 47.2 Å². The molecule has 0 aromatic heterocycles. The number of nitrogens with two attached hydrogens (primary N) is 2. The maximum absolute atomic E-state index is 13.5. The second kappa shape index (κ2) is 19.1. The van der Waals surface area contributed by atoms with Crippen molar-refractivity contribution in [2.45, 2.75) is 77.9 Å². The number of rotatable bonds is 19. The van der Waals surface area contributed by atoms with Gasteiger partial charge in [0.15, 0.2) is 6.35 Å². The first-order chi connectivity index (χ1) is 22.6. The predicted octanol–water partition coefficient (Wildman–Crippen LogP) is -0.948. The maximum atomic E-state index is 13.5. The Bertz CT molecular complexity index is 1320. The van der Waals surface area contributed by atoms with Gasteiger partial charge in [-0.05, 0) is 70.7 Å². The number of hydrogen-bond acceptors (Lipinski definition) is 11. The predicted molar refractivity (Wildman–Crippen MR) is 173 cm³/mol. The van der Waals surface area contributed by atoms with E-state index in [1.807, 2.05) is 0 Å². The quantitative estimate of drug-likeness (QED) is 0.0384. The molecule has 0 radical (unpaired) electrons. The Morgan fingerprint density at radius 2 is 1.48 bits per heavy atom. The minimum absolute atomic E-state index is 0.0482. The minimum atomic E-state index is -1.27. The van der Waals surface area contributed by atoms with Crippen molar-refractivity contribution in [3.05, 3.63) is 42.0 Å². The number of urea groups is 1. The number of hydrogen-bond donors (Lipinski definition) is 8. The van der Waals surface area contributed by atoms with Crippen LogP contribution in [0.1, 0.15) is 58.4 Å². The third-order valence-corrected chi connectivity index (χ3v) is 6.94. The third-order valence-electron chi connectivity index (χ3n) is 6.94. The molecule has 1 unspecified atom stereocenters. The Morgan fingerprint density at radius 1 is 0.896 bits per heavy atom. The summed E-state index contributed by atoms with van der Waals surface area (Å²) in [5.74, 6) is -3.35. The van der Waals surface area contributed by atoms with Crippen LogP contribution in [-0.4, -0.2) is 89.6 Å². The van der Waals surface area contributed by atoms with E-state index in [9.17, 15) is 38.7 Å². The monoisotopic (exact) mass is 674 g/mol. The molecule has 2 rings (SSSR count). The number of amides is 7. The molecule has 0 bridgehead atoms. The number of anilines is 1. The zero-order valence-corrected chi connectivity index (χ0v) is 27.4. The summed E-state index contributed by atoms with van der Waals surface area (Å²) in [6.45, 7) is 5.42. The van der Waals surface area contributed by atoms with Crippen molar-refractivity contribution in [2.75, 3.05) is 25.0 Å². The summed E-state index contributed by atoms with van der Waals surface area (Å²) in [6.07, 6.45) is 1.36. The van der Waals surface area contributed by atoms with Crippen LogP contribution in [0.25, 0.3) is 0 Å². The first kappa shape index (κ1) is 39.3. The first-order valence-electron chi connectivity index (χ1n) is 15.5. The molecule has 17 heteroatoms. The molecule has 1 aliphatic rings. The minimum Gasteiger partial charge on any atom is -0.460 e. The Morgan fingerprint density at radius 3 is 2.04 bits per heavy atom. The van der Waals surface area contributed by atoms with E-state index in [1.54, 1.807) is 45.0 Å². The summed E-state index contributed by atoms with van der Waals surface area (Å²) in [4.78, 5) is 87.3. The van der Waals surface area contributed by atoms with Gasteiger partial charge in [0.1, 0.15) is 18.7 Å². The zero-order chi connectivity index (χ0) is 35.9. The second-order valence-electron chi connectivity index (χ2n) is 12.1. The Labute approximate surface area is 278 Å². The van der Waals surface area contributed by atoms with E-state index >= 15 is 0 Å². The first-order valence-corrected chi connectivity index (χ1v) is 15.5. The number of carbonyl (C=O) groups excluding carboxylic acids is 7. The van der Waals surface area contributed by atoms with E-state index < -0.39 is 59.4 Å².